The third-order valence-electron chi connectivity index (χ3n) is 4.57. The number of ether oxygens (including phenoxy) is 3. The van der Waals surface area contributed by atoms with Gasteiger partial charge in [-0.3, -0.25) is 9.59 Å². The maximum Gasteiger partial charge on any atom is 0.251 e. The highest BCUT2D eigenvalue weighted by molar-refractivity contribution is 6.00. The SMILES string of the molecule is O=C(CNC(=O)c1ccc2c(c1)OCO2)Nc1ccccc1N1CCOCC1. The molecule has 4 rings (SSSR count). The topological polar surface area (TPSA) is 89.1 Å². The van der Waals surface area contributed by atoms with Crippen LogP contribution in [-0.4, -0.2) is 51.5 Å². The number of amides is 2. The Hall–Kier alpha value is -3.26. The first-order chi connectivity index (χ1) is 13.7. The number of morpholine rings is 1. The third kappa shape index (κ3) is 4.01. The fourth-order valence-corrected chi connectivity index (χ4v) is 3.15. The molecule has 0 saturated carbocycles. The normalized spacial score (nSPS) is 15.2. The number of nitrogens with zero attached hydrogens (tertiary/aromatic N) is 1. The van der Waals surface area contributed by atoms with Crippen molar-refractivity contribution in [3.05, 3.63) is 48.0 Å². The molecule has 0 unspecified atom stereocenters. The lowest BCUT2D eigenvalue weighted by atomic mass is 10.2. The van der Waals surface area contributed by atoms with Gasteiger partial charge in [-0.05, 0) is 30.3 Å². The molecule has 8 heteroatoms. The number of anilines is 2. The summed E-state index contributed by atoms with van der Waals surface area (Å²) in [5.74, 6) is 0.482. The zero-order chi connectivity index (χ0) is 19.3. The van der Waals surface area contributed by atoms with Crippen molar-refractivity contribution >= 4 is 23.2 Å². The Morgan fingerprint density at radius 1 is 1.00 bits per heavy atom. The first-order valence-corrected chi connectivity index (χ1v) is 9.10. The highest BCUT2D eigenvalue weighted by atomic mass is 16.7. The van der Waals surface area contributed by atoms with Crippen LogP contribution in [0.3, 0.4) is 0 Å². The standard InChI is InChI=1S/C20H21N3O5/c24-19(12-21-20(25)14-5-6-17-18(11-14)28-13-27-17)22-15-3-1-2-4-16(15)23-7-9-26-10-8-23/h1-6,11H,7-10,12-13H2,(H,21,25)(H,22,24). The van der Waals surface area contributed by atoms with Crippen molar-refractivity contribution in [2.24, 2.45) is 0 Å². The second-order valence-corrected chi connectivity index (χ2v) is 6.42. The van der Waals surface area contributed by atoms with Gasteiger partial charge >= 0.3 is 0 Å². The van der Waals surface area contributed by atoms with Crippen LogP contribution >= 0.6 is 0 Å². The summed E-state index contributed by atoms with van der Waals surface area (Å²) in [6, 6.07) is 12.5. The van der Waals surface area contributed by atoms with Crippen molar-refractivity contribution in [3.8, 4) is 11.5 Å². The van der Waals surface area contributed by atoms with Gasteiger partial charge in [0.05, 0.1) is 31.1 Å². The summed E-state index contributed by atoms with van der Waals surface area (Å²) in [5, 5.41) is 5.50. The van der Waals surface area contributed by atoms with Gasteiger partial charge in [0.2, 0.25) is 12.7 Å². The second-order valence-electron chi connectivity index (χ2n) is 6.42. The van der Waals surface area contributed by atoms with E-state index in [4.69, 9.17) is 14.2 Å². The van der Waals surface area contributed by atoms with Crippen molar-refractivity contribution in [3.63, 3.8) is 0 Å². The summed E-state index contributed by atoms with van der Waals surface area (Å²) in [6.07, 6.45) is 0. The number of hydrogen-bond donors (Lipinski definition) is 2. The first-order valence-electron chi connectivity index (χ1n) is 9.10. The molecule has 0 atom stereocenters. The lowest BCUT2D eigenvalue weighted by Crippen LogP contribution is -2.37. The Morgan fingerprint density at radius 2 is 1.79 bits per heavy atom. The van der Waals surface area contributed by atoms with E-state index in [1.165, 1.54) is 0 Å². The summed E-state index contributed by atoms with van der Waals surface area (Å²) in [5.41, 5.74) is 2.07. The molecule has 2 aliphatic rings. The fourth-order valence-electron chi connectivity index (χ4n) is 3.15. The molecule has 0 aromatic heterocycles. The Labute approximate surface area is 162 Å². The molecule has 1 fully saturated rings. The molecule has 0 aliphatic carbocycles. The first kappa shape index (κ1) is 18.1. The minimum atomic E-state index is -0.352. The second kappa shape index (κ2) is 8.18. The molecule has 2 amide bonds. The molecule has 2 aliphatic heterocycles. The largest absolute Gasteiger partial charge is 0.454 e. The van der Waals surface area contributed by atoms with Crippen LogP contribution in [0, 0.1) is 0 Å². The Kier molecular flexibility index (Phi) is 5.29. The van der Waals surface area contributed by atoms with E-state index in [1.54, 1.807) is 18.2 Å². The lowest BCUT2D eigenvalue weighted by Gasteiger charge is -2.30. The van der Waals surface area contributed by atoms with E-state index in [0.29, 0.717) is 36.0 Å². The molecule has 0 radical (unpaired) electrons. The number of fused-ring (bicyclic) bond motifs is 1. The Morgan fingerprint density at radius 3 is 2.64 bits per heavy atom. The summed E-state index contributed by atoms with van der Waals surface area (Å²) in [6.45, 7) is 2.87. The zero-order valence-electron chi connectivity index (χ0n) is 15.3. The van der Waals surface area contributed by atoms with Gasteiger partial charge in [-0.1, -0.05) is 12.1 Å². The van der Waals surface area contributed by atoms with Crippen LogP contribution in [0.25, 0.3) is 0 Å². The molecule has 0 spiro atoms. The molecular weight excluding hydrogens is 362 g/mol. The van der Waals surface area contributed by atoms with Gasteiger partial charge in [0.25, 0.3) is 5.91 Å². The number of para-hydroxylation sites is 2. The maximum absolute atomic E-state index is 12.4. The van der Waals surface area contributed by atoms with Crippen molar-refractivity contribution in [2.75, 3.05) is 49.9 Å². The van der Waals surface area contributed by atoms with Crippen molar-refractivity contribution < 1.29 is 23.8 Å². The zero-order valence-corrected chi connectivity index (χ0v) is 15.3. The van der Waals surface area contributed by atoms with Crippen LogP contribution in [0.4, 0.5) is 11.4 Å². The molecule has 28 heavy (non-hydrogen) atoms. The molecule has 8 nitrogen and oxygen atoms in total. The molecule has 2 heterocycles. The summed E-state index contributed by atoms with van der Waals surface area (Å²) in [7, 11) is 0. The van der Waals surface area contributed by atoms with Crippen LogP contribution in [0.2, 0.25) is 0 Å². The van der Waals surface area contributed by atoms with E-state index >= 15 is 0 Å². The van der Waals surface area contributed by atoms with E-state index in [1.807, 2.05) is 24.3 Å². The minimum absolute atomic E-state index is 0.134. The summed E-state index contributed by atoms with van der Waals surface area (Å²) >= 11 is 0. The molecular formula is C20H21N3O5. The monoisotopic (exact) mass is 383 g/mol. The van der Waals surface area contributed by atoms with Gasteiger partial charge < -0.3 is 29.7 Å². The summed E-state index contributed by atoms with van der Waals surface area (Å²) in [4.78, 5) is 26.8. The molecule has 2 N–H and O–H groups in total. The van der Waals surface area contributed by atoms with Gasteiger partial charge in [-0.25, -0.2) is 0 Å². The van der Waals surface area contributed by atoms with Crippen LogP contribution in [0.15, 0.2) is 42.5 Å². The number of nitrogens with one attached hydrogen (secondary N) is 2. The third-order valence-corrected chi connectivity index (χ3v) is 4.57. The number of carbonyl (C=O) groups is 2. The Bertz CT molecular complexity index is 880. The smallest absolute Gasteiger partial charge is 0.251 e. The fraction of sp³-hybridized carbons (Fsp3) is 0.300. The highest BCUT2D eigenvalue weighted by Crippen LogP contribution is 2.32. The highest BCUT2D eigenvalue weighted by Gasteiger charge is 2.18. The van der Waals surface area contributed by atoms with Crippen molar-refractivity contribution in [1.82, 2.24) is 5.32 Å². The van der Waals surface area contributed by atoms with E-state index in [0.717, 1.165) is 18.8 Å². The van der Waals surface area contributed by atoms with Crippen LogP contribution in [-0.2, 0) is 9.53 Å². The van der Waals surface area contributed by atoms with Gasteiger partial charge in [0.1, 0.15) is 0 Å². The van der Waals surface area contributed by atoms with Crippen LogP contribution in [0.5, 0.6) is 11.5 Å². The van der Waals surface area contributed by atoms with Gasteiger partial charge in [-0.15, -0.1) is 0 Å². The molecule has 2 aromatic carbocycles. The Balaban J connectivity index is 1.35. The number of hydrogen-bond acceptors (Lipinski definition) is 6. The number of rotatable bonds is 5. The van der Waals surface area contributed by atoms with Gasteiger partial charge in [0.15, 0.2) is 11.5 Å². The van der Waals surface area contributed by atoms with Crippen LogP contribution in [0.1, 0.15) is 10.4 Å². The predicted octanol–water partition coefficient (Wildman–Crippen LogP) is 1.62. The van der Waals surface area contributed by atoms with E-state index in [2.05, 4.69) is 15.5 Å². The van der Waals surface area contributed by atoms with Crippen molar-refractivity contribution in [1.29, 1.82) is 0 Å². The number of benzene rings is 2. The predicted molar refractivity (Wildman–Crippen MR) is 103 cm³/mol. The molecule has 1 saturated heterocycles. The average Bonchev–Trinajstić information content (AvgIpc) is 3.21. The van der Waals surface area contributed by atoms with E-state index < -0.39 is 0 Å². The minimum Gasteiger partial charge on any atom is -0.454 e. The quantitative estimate of drug-likeness (QED) is 0.816. The van der Waals surface area contributed by atoms with E-state index in [-0.39, 0.29) is 25.2 Å². The maximum atomic E-state index is 12.4. The van der Waals surface area contributed by atoms with Gasteiger partial charge in [0, 0.05) is 18.7 Å². The van der Waals surface area contributed by atoms with Gasteiger partial charge in [-0.2, -0.15) is 0 Å². The molecule has 2 aromatic rings. The van der Waals surface area contributed by atoms with E-state index in [9.17, 15) is 9.59 Å². The van der Waals surface area contributed by atoms with Crippen molar-refractivity contribution in [2.45, 2.75) is 0 Å². The lowest BCUT2D eigenvalue weighted by molar-refractivity contribution is -0.115. The number of carbonyl (C=O) groups excluding carboxylic acids is 2. The average molecular weight is 383 g/mol. The molecule has 0 bridgehead atoms. The summed E-state index contributed by atoms with van der Waals surface area (Å²) < 4.78 is 15.9. The molecule has 146 valence electrons. The van der Waals surface area contributed by atoms with Crippen LogP contribution < -0.4 is 25.0 Å².